The van der Waals surface area contributed by atoms with Gasteiger partial charge in [0.2, 0.25) is 5.91 Å². The summed E-state index contributed by atoms with van der Waals surface area (Å²) in [6.07, 6.45) is 2.84. The molecule has 0 unspecified atom stereocenters. The molecule has 0 bridgehead atoms. The van der Waals surface area contributed by atoms with E-state index >= 15 is 0 Å². The molecule has 0 aliphatic carbocycles. The first-order valence-corrected chi connectivity index (χ1v) is 8.06. The van der Waals surface area contributed by atoms with Crippen molar-refractivity contribution in [3.63, 3.8) is 0 Å². The fraction of sp³-hybridized carbons (Fsp3) is 0.375. The summed E-state index contributed by atoms with van der Waals surface area (Å²) >= 11 is 3.27. The average Bonchev–Trinajstić information content (AvgIpc) is 2.54. The second-order valence-corrected chi connectivity index (χ2v) is 6.40. The molecule has 0 spiro atoms. The molecule has 1 aliphatic rings. The Morgan fingerprint density at radius 1 is 1.17 bits per heavy atom. The lowest BCUT2D eigenvalue weighted by molar-refractivity contribution is -0.127. The Hall–Kier alpha value is -1.89. The minimum atomic E-state index is -0.376. The first-order chi connectivity index (χ1) is 10.9. The zero-order valence-electron chi connectivity index (χ0n) is 13.1. The second-order valence-electron chi connectivity index (χ2n) is 5.49. The highest BCUT2D eigenvalue weighted by molar-refractivity contribution is 9.10. The van der Waals surface area contributed by atoms with Gasteiger partial charge in [-0.3, -0.25) is 4.79 Å². The Morgan fingerprint density at radius 2 is 1.78 bits per heavy atom. The molecule has 124 valence electrons. The summed E-state index contributed by atoms with van der Waals surface area (Å²) in [7, 11) is 3.41. The minimum absolute atomic E-state index is 0.0520. The van der Waals surface area contributed by atoms with E-state index < -0.39 is 0 Å². The quantitative estimate of drug-likeness (QED) is 0.736. The standard InChI is InChI=1S/C16H19BrFN3O2/c1-19(2)16(23)21-9-7-20(8-10-21)15(22)6-3-12-11-13(17)4-5-14(12)18/h3-6,11H,7-10H2,1-2H3/b6-3+. The number of benzene rings is 1. The van der Waals surface area contributed by atoms with Crippen LogP contribution in [0.3, 0.4) is 0 Å². The smallest absolute Gasteiger partial charge is 0.319 e. The van der Waals surface area contributed by atoms with Gasteiger partial charge in [-0.15, -0.1) is 0 Å². The van der Waals surface area contributed by atoms with Gasteiger partial charge in [0.1, 0.15) is 5.82 Å². The number of amides is 3. The number of rotatable bonds is 2. The molecule has 1 aromatic rings. The summed E-state index contributed by atoms with van der Waals surface area (Å²) < 4.78 is 14.4. The Labute approximate surface area is 143 Å². The Morgan fingerprint density at radius 3 is 2.39 bits per heavy atom. The highest BCUT2D eigenvalue weighted by Crippen LogP contribution is 2.17. The number of carbonyl (C=O) groups excluding carboxylic acids is 2. The minimum Gasteiger partial charge on any atom is -0.336 e. The van der Waals surface area contributed by atoms with Crippen LogP contribution in [0.5, 0.6) is 0 Å². The van der Waals surface area contributed by atoms with Crippen LogP contribution in [-0.2, 0) is 4.79 Å². The number of nitrogens with zero attached hydrogens (tertiary/aromatic N) is 3. The maximum absolute atomic E-state index is 13.6. The van der Waals surface area contributed by atoms with Crippen LogP contribution in [0.15, 0.2) is 28.7 Å². The third-order valence-electron chi connectivity index (χ3n) is 3.61. The summed E-state index contributed by atoms with van der Waals surface area (Å²) in [6.45, 7) is 1.96. The maximum atomic E-state index is 13.6. The number of halogens is 2. The van der Waals surface area contributed by atoms with Crippen molar-refractivity contribution >= 4 is 33.9 Å². The summed E-state index contributed by atoms with van der Waals surface area (Å²) in [6, 6.07) is 4.52. The van der Waals surface area contributed by atoms with Crippen LogP contribution in [0.1, 0.15) is 5.56 Å². The van der Waals surface area contributed by atoms with Gasteiger partial charge >= 0.3 is 6.03 Å². The van der Waals surface area contributed by atoms with Crippen LogP contribution < -0.4 is 0 Å². The maximum Gasteiger partial charge on any atom is 0.319 e. The van der Waals surface area contributed by atoms with Crippen LogP contribution in [0.25, 0.3) is 6.08 Å². The normalized spacial score (nSPS) is 15.1. The van der Waals surface area contributed by atoms with Crippen molar-refractivity contribution in [3.8, 4) is 0 Å². The van der Waals surface area contributed by atoms with Gasteiger partial charge < -0.3 is 14.7 Å². The van der Waals surface area contributed by atoms with E-state index in [9.17, 15) is 14.0 Å². The first kappa shape index (κ1) is 17.5. The molecule has 1 fully saturated rings. The molecule has 0 radical (unpaired) electrons. The van der Waals surface area contributed by atoms with E-state index in [-0.39, 0.29) is 17.8 Å². The lowest BCUT2D eigenvalue weighted by atomic mass is 10.2. The zero-order chi connectivity index (χ0) is 17.0. The number of piperazine rings is 1. The summed E-state index contributed by atoms with van der Waals surface area (Å²) in [5.41, 5.74) is 0.356. The molecule has 5 nitrogen and oxygen atoms in total. The highest BCUT2D eigenvalue weighted by atomic mass is 79.9. The largest absolute Gasteiger partial charge is 0.336 e. The Kier molecular flexibility index (Phi) is 5.76. The van der Waals surface area contributed by atoms with Gasteiger partial charge in [-0.05, 0) is 24.3 Å². The Balaban J connectivity index is 1.94. The van der Waals surface area contributed by atoms with E-state index in [1.165, 1.54) is 23.1 Å². The molecule has 0 N–H and O–H groups in total. The molecule has 7 heteroatoms. The van der Waals surface area contributed by atoms with Gasteiger partial charge in [-0.25, -0.2) is 9.18 Å². The third-order valence-corrected chi connectivity index (χ3v) is 4.10. The van der Waals surface area contributed by atoms with Gasteiger partial charge in [0.15, 0.2) is 0 Å². The van der Waals surface area contributed by atoms with Crippen LogP contribution in [0, 0.1) is 5.82 Å². The van der Waals surface area contributed by atoms with Crippen molar-refractivity contribution in [2.75, 3.05) is 40.3 Å². The monoisotopic (exact) mass is 383 g/mol. The van der Waals surface area contributed by atoms with E-state index in [1.807, 2.05) is 0 Å². The molecule has 1 heterocycles. The molecule has 0 atom stereocenters. The highest BCUT2D eigenvalue weighted by Gasteiger charge is 2.23. The van der Waals surface area contributed by atoms with Crippen molar-refractivity contribution in [2.24, 2.45) is 0 Å². The van der Waals surface area contributed by atoms with E-state index in [0.29, 0.717) is 31.7 Å². The van der Waals surface area contributed by atoms with Crippen molar-refractivity contribution in [2.45, 2.75) is 0 Å². The van der Waals surface area contributed by atoms with Crippen molar-refractivity contribution in [1.29, 1.82) is 0 Å². The molecular weight excluding hydrogens is 365 g/mol. The second kappa shape index (κ2) is 7.59. The topological polar surface area (TPSA) is 43.9 Å². The van der Waals surface area contributed by atoms with E-state index in [1.54, 1.807) is 36.0 Å². The van der Waals surface area contributed by atoms with Gasteiger partial charge in [-0.2, -0.15) is 0 Å². The first-order valence-electron chi connectivity index (χ1n) is 7.27. The van der Waals surface area contributed by atoms with Crippen molar-refractivity contribution in [1.82, 2.24) is 14.7 Å². The molecule has 0 aromatic heterocycles. The number of hydrogen-bond donors (Lipinski definition) is 0. The predicted molar refractivity (Wildman–Crippen MR) is 90.4 cm³/mol. The van der Waals surface area contributed by atoms with E-state index in [2.05, 4.69) is 15.9 Å². The van der Waals surface area contributed by atoms with Gasteiger partial charge in [0, 0.05) is 56.4 Å². The molecule has 3 amide bonds. The fourth-order valence-corrected chi connectivity index (χ4v) is 2.69. The lowest BCUT2D eigenvalue weighted by Crippen LogP contribution is -2.52. The number of urea groups is 1. The van der Waals surface area contributed by atoms with E-state index in [4.69, 9.17) is 0 Å². The molecule has 23 heavy (non-hydrogen) atoms. The van der Waals surface area contributed by atoms with Gasteiger partial charge in [-0.1, -0.05) is 15.9 Å². The SMILES string of the molecule is CN(C)C(=O)N1CCN(C(=O)/C=C/c2cc(Br)ccc2F)CC1. The number of carbonyl (C=O) groups is 2. The molecule has 1 saturated heterocycles. The summed E-state index contributed by atoms with van der Waals surface area (Å²) in [5, 5.41) is 0. The average molecular weight is 384 g/mol. The lowest BCUT2D eigenvalue weighted by Gasteiger charge is -2.35. The predicted octanol–water partition coefficient (Wildman–Crippen LogP) is 2.43. The van der Waals surface area contributed by atoms with Crippen LogP contribution in [0.2, 0.25) is 0 Å². The summed E-state index contributed by atoms with van der Waals surface area (Å²) in [5.74, 6) is -0.556. The van der Waals surface area contributed by atoms with Gasteiger partial charge in [0.25, 0.3) is 0 Å². The van der Waals surface area contributed by atoms with Crippen LogP contribution in [-0.4, -0.2) is 66.9 Å². The molecule has 0 saturated carbocycles. The molecular formula is C16H19BrFN3O2. The van der Waals surface area contributed by atoms with Gasteiger partial charge in [0.05, 0.1) is 0 Å². The van der Waals surface area contributed by atoms with Crippen molar-refractivity contribution < 1.29 is 14.0 Å². The van der Waals surface area contributed by atoms with E-state index in [0.717, 1.165) is 4.47 Å². The molecule has 1 aliphatic heterocycles. The fourth-order valence-electron chi connectivity index (χ4n) is 2.31. The van der Waals surface area contributed by atoms with Crippen LogP contribution >= 0.6 is 15.9 Å². The van der Waals surface area contributed by atoms with Crippen LogP contribution in [0.4, 0.5) is 9.18 Å². The zero-order valence-corrected chi connectivity index (χ0v) is 14.7. The summed E-state index contributed by atoms with van der Waals surface area (Å²) in [4.78, 5) is 28.9. The molecule has 1 aromatic carbocycles. The number of hydrogen-bond acceptors (Lipinski definition) is 2. The third kappa shape index (κ3) is 4.54. The molecule has 2 rings (SSSR count). The van der Waals surface area contributed by atoms with Crippen molar-refractivity contribution in [3.05, 3.63) is 40.1 Å². The Bertz CT molecular complexity index is 626.